The number of nitrogens with one attached hydrogen (secondary N) is 1. The van der Waals surface area contributed by atoms with Crippen molar-refractivity contribution in [1.82, 2.24) is 19.9 Å². The zero-order chi connectivity index (χ0) is 15.2. The van der Waals surface area contributed by atoms with E-state index in [0.29, 0.717) is 17.8 Å². The number of aromatic nitrogens is 3. The minimum atomic E-state index is 0.222. The second-order valence-electron chi connectivity index (χ2n) is 5.97. The molecule has 1 aliphatic heterocycles. The normalized spacial score (nSPS) is 17.5. The fraction of sp³-hybridized carbons (Fsp3) is 0.786. The Morgan fingerprint density at radius 1 is 1.19 bits per heavy atom. The van der Waals surface area contributed by atoms with Gasteiger partial charge >= 0.3 is 0 Å². The van der Waals surface area contributed by atoms with Crippen LogP contribution in [0.5, 0.6) is 0 Å². The van der Waals surface area contributed by atoms with Gasteiger partial charge in [0.1, 0.15) is 0 Å². The van der Waals surface area contributed by atoms with Gasteiger partial charge in [0.2, 0.25) is 17.2 Å². The standard InChI is InChI=1S/C14H25ClN6/c1-11(10-21-7-5-4-6-8-21)9-16-13-17-12(15)18-14(19-13)20(2)3/h11H,4-10H2,1-3H3,(H,16,17,18,19). The Kier molecular flexibility index (Phi) is 5.99. The molecule has 0 saturated carbocycles. The van der Waals surface area contributed by atoms with E-state index < -0.39 is 0 Å². The molecule has 1 aromatic rings. The van der Waals surface area contributed by atoms with E-state index in [1.807, 2.05) is 19.0 Å². The summed E-state index contributed by atoms with van der Waals surface area (Å²) >= 11 is 5.93. The number of halogens is 1. The summed E-state index contributed by atoms with van der Waals surface area (Å²) in [6.45, 7) is 6.66. The Balaban J connectivity index is 1.84. The van der Waals surface area contributed by atoms with Gasteiger partial charge < -0.3 is 15.1 Å². The van der Waals surface area contributed by atoms with Crippen molar-refractivity contribution in [3.8, 4) is 0 Å². The van der Waals surface area contributed by atoms with Crippen molar-refractivity contribution < 1.29 is 0 Å². The average Bonchev–Trinajstić information content (AvgIpc) is 2.45. The molecule has 1 atom stereocenters. The quantitative estimate of drug-likeness (QED) is 0.868. The molecule has 0 bridgehead atoms. The third kappa shape index (κ3) is 5.28. The van der Waals surface area contributed by atoms with Crippen LogP contribution in [0.25, 0.3) is 0 Å². The molecular formula is C14H25ClN6. The van der Waals surface area contributed by atoms with Crippen molar-refractivity contribution in [3.63, 3.8) is 0 Å². The number of hydrogen-bond acceptors (Lipinski definition) is 6. The second-order valence-corrected chi connectivity index (χ2v) is 6.31. The van der Waals surface area contributed by atoms with Crippen LogP contribution in [-0.4, -0.2) is 60.1 Å². The third-order valence-corrected chi connectivity index (χ3v) is 3.79. The largest absolute Gasteiger partial charge is 0.354 e. The van der Waals surface area contributed by atoms with Crippen LogP contribution in [0.3, 0.4) is 0 Å². The molecule has 1 saturated heterocycles. The van der Waals surface area contributed by atoms with E-state index in [4.69, 9.17) is 11.6 Å². The van der Waals surface area contributed by atoms with E-state index >= 15 is 0 Å². The molecule has 0 radical (unpaired) electrons. The van der Waals surface area contributed by atoms with Gasteiger partial charge in [0, 0.05) is 27.2 Å². The lowest BCUT2D eigenvalue weighted by atomic mass is 10.1. The number of hydrogen-bond donors (Lipinski definition) is 1. The summed E-state index contributed by atoms with van der Waals surface area (Å²) in [7, 11) is 3.77. The van der Waals surface area contributed by atoms with Crippen molar-refractivity contribution >= 4 is 23.5 Å². The minimum Gasteiger partial charge on any atom is -0.354 e. The first-order valence-electron chi connectivity index (χ1n) is 7.59. The first-order valence-corrected chi connectivity index (χ1v) is 7.97. The molecule has 0 aliphatic carbocycles. The molecule has 1 aliphatic rings. The molecule has 0 amide bonds. The Labute approximate surface area is 131 Å². The van der Waals surface area contributed by atoms with Crippen molar-refractivity contribution in [1.29, 1.82) is 0 Å². The number of likely N-dealkylation sites (tertiary alicyclic amines) is 1. The van der Waals surface area contributed by atoms with Gasteiger partial charge in [0.15, 0.2) is 0 Å². The molecular weight excluding hydrogens is 288 g/mol. The SMILES string of the molecule is CC(CNc1nc(Cl)nc(N(C)C)n1)CN1CCCCC1. The van der Waals surface area contributed by atoms with Gasteiger partial charge in [-0.05, 0) is 43.5 Å². The lowest BCUT2D eigenvalue weighted by molar-refractivity contribution is 0.204. The topological polar surface area (TPSA) is 57.2 Å². The zero-order valence-electron chi connectivity index (χ0n) is 13.1. The fourth-order valence-corrected chi connectivity index (χ4v) is 2.69. The summed E-state index contributed by atoms with van der Waals surface area (Å²) < 4.78 is 0. The highest BCUT2D eigenvalue weighted by Gasteiger charge is 2.14. The molecule has 6 nitrogen and oxygen atoms in total. The van der Waals surface area contributed by atoms with E-state index in [9.17, 15) is 0 Å². The minimum absolute atomic E-state index is 0.222. The predicted octanol–water partition coefficient (Wildman–Crippen LogP) is 2.12. The number of rotatable bonds is 6. The van der Waals surface area contributed by atoms with Crippen LogP contribution in [0.2, 0.25) is 5.28 Å². The molecule has 21 heavy (non-hydrogen) atoms. The molecule has 2 heterocycles. The van der Waals surface area contributed by atoms with Crippen LogP contribution < -0.4 is 10.2 Å². The molecule has 0 spiro atoms. The molecule has 1 aromatic heterocycles. The van der Waals surface area contributed by atoms with Gasteiger partial charge in [0.25, 0.3) is 0 Å². The Morgan fingerprint density at radius 3 is 2.57 bits per heavy atom. The first-order chi connectivity index (χ1) is 10.0. The zero-order valence-corrected chi connectivity index (χ0v) is 13.9. The molecule has 0 aromatic carbocycles. The van der Waals surface area contributed by atoms with Crippen molar-refractivity contribution in [2.75, 3.05) is 50.5 Å². The monoisotopic (exact) mass is 312 g/mol. The number of nitrogens with zero attached hydrogens (tertiary/aromatic N) is 5. The van der Waals surface area contributed by atoms with Crippen LogP contribution in [-0.2, 0) is 0 Å². The maximum Gasteiger partial charge on any atom is 0.230 e. The highest BCUT2D eigenvalue weighted by molar-refractivity contribution is 6.28. The van der Waals surface area contributed by atoms with E-state index in [2.05, 4.69) is 32.1 Å². The molecule has 1 N–H and O–H groups in total. The van der Waals surface area contributed by atoms with Crippen molar-refractivity contribution in [3.05, 3.63) is 5.28 Å². The molecule has 7 heteroatoms. The van der Waals surface area contributed by atoms with Crippen LogP contribution in [0.15, 0.2) is 0 Å². The van der Waals surface area contributed by atoms with Crippen molar-refractivity contribution in [2.24, 2.45) is 5.92 Å². The number of anilines is 2. The lowest BCUT2D eigenvalue weighted by Gasteiger charge is -2.29. The summed E-state index contributed by atoms with van der Waals surface area (Å²) in [6, 6.07) is 0. The van der Waals surface area contributed by atoms with Gasteiger partial charge in [-0.25, -0.2) is 0 Å². The molecule has 118 valence electrons. The van der Waals surface area contributed by atoms with Gasteiger partial charge in [-0.15, -0.1) is 0 Å². The van der Waals surface area contributed by atoms with Gasteiger partial charge in [-0.2, -0.15) is 15.0 Å². The van der Waals surface area contributed by atoms with Gasteiger partial charge in [-0.3, -0.25) is 0 Å². The van der Waals surface area contributed by atoms with Crippen molar-refractivity contribution in [2.45, 2.75) is 26.2 Å². The Morgan fingerprint density at radius 2 is 1.90 bits per heavy atom. The molecule has 1 unspecified atom stereocenters. The average molecular weight is 313 g/mol. The highest BCUT2D eigenvalue weighted by atomic mass is 35.5. The predicted molar refractivity (Wildman–Crippen MR) is 87.1 cm³/mol. The summed E-state index contributed by atoms with van der Waals surface area (Å²) in [4.78, 5) is 16.9. The van der Waals surface area contributed by atoms with Crippen LogP contribution >= 0.6 is 11.6 Å². The van der Waals surface area contributed by atoms with Crippen LogP contribution in [0.4, 0.5) is 11.9 Å². The molecule has 2 rings (SSSR count). The van der Waals surface area contributed by atoms with E-state index in [-0.39, 0.29) is 5.28 Å². The fourth-order valence-electron chi connectivity index (χ4n) is 2.53. The first kappa shape index (κ1) is 16.2. The highest BCUT2D eigenvalue weighted by Crippen LogP contribution is 2.13. The summed E-state index contributed by atoms with van der Waals surface area (Å²) in [6.07, 6.45) is 4.03. The second kappa shape index (κ2) is 7.75. The van der Waals surface area contributed by atoms with E-state index in [0.717, 1.165) is 13.1 Å². The van der Waals surface area contributed by atoms with E-state index in [1.54, 1.807) is 0 Å². The van der Waals surface area contributed by atoms with Gasteiger partial charge in [0.05, 0.1) is 0 Å². The molecule has 1 fully saturated rings. The van der Waals surface area contributed by atoms with Crippen LogP contribution in [0, 0.1) is 5.92 Å². The lowest BCUT2D eigenvalue weighted by Crippen LogP contribution is -2.35. The maximum absolute atomic E-state index is 5.93. The third-order valence-electron chi connectivity index (χ3n) is 3.62. The van der Waals surface area contributed by atoms with Gasteiger partial charge in [-0.1, -0.05) is 13.3 Å². The summed E-state index contributed by atoms with van der Waals surface area (Å²) in [5.74, 6) is 1.66. The number of piperidine rings is 1. The summed E-state index contributed by atoms with van der Waals surface area (Å²) in [5.41, 5.74) is 0. The van der Waals surface area contributed by atoms with Crippen LogP contribution in [0.1, 0.15) is 26.2 Å². The maximum atomic E-state index is 5.93. The van der Waals surface area contributed by atoms with E-state index in [1.165, 1.54) is 32.4 Å². The Bertz CT molecular complexity index is 447. The summed E-state index contributed by atoms with van der Waals surface area (Å²) in [5, 5.41) is 3.49. The Hall–Kier alpha value is -1.14. The smallest absolute Gasteiger partial charge is 0.230 e.